The van der Waals surface area contributed by atoms with E-state index in [2.05, 4.69) is 45.3 Å². The molecule has 0 saturated carbocycles. The molecule has 0 aliphatic carbocycles. The van der Waals surface area contributed by atoms with Gasteiger partial charge >= 0.3 is 5.97 Å². The standard InChI is InChI=1S/C16H26N2O2S2/c1-10-8-11(13(19)20-7)12(22-10)17-14(21)18-16(5,6)9-15(2,3)4/h8H,9H2,1-7H3,(H2,17,18,21). The predicted molar refractivity (Wildman–Crippen MR) is 97.9 cm³/mol. The molecule has 0 aliphatic heterocycles. The van der Waals surface area contributed by atoms with Crippen LogP contribution in [0, 0.1) is 12.3 Å². The van der Waals surface area contributed by atoms with Crippen molar-refractivity contribution in [2.75, 3.05) is 12.4 Å². The van der Waals surface area contributed by atoms with Crippen LogP contribution in [0.25, 0.3) is 0 Å². The number of ether oxygens (including phenoxy) is 1. The van der Waals surface area contributed by atoms with Crippen molar-refractivity contribution in [3.63, 3.8) is 0 Å². The molecule has 1 aromatic rings. The Bertz CT molecular complexity index is 557. The van der Waals surface area contributed by atoms with Gasteiger partial charge in [0.05, 0.1) is 12.7 Å². The molecule has 124 valence electrons. The van der Waals surface area contributed by atoms with Crippen LogP contribution in [0.4, 0.5) is 5.00 Å². The molecule has 0 atom stereocenters. The van der Waals surface area contributed by atoms with Crippen LogP contribution in [0.5, 0.6) is 0 Å². The molecule has 2 N–H and O–H groups in total. The van der Waals surface area contributed by atoms with Gasteiger partial charge in [0.25, 0.3) is 0 Å². The van der Waals surface area contributed by atoms with Crippen molar-refractivity contribution in [3.8, 4) is 0 Å². The highest BCUT2D eigenvalue weighted by Gasteiger charge is 2.26. The molecule has 0 unspecified atom stereocenters. The molecular weight excluding hydrogens is 316 g/mol. The lowest BCUT2D eigenvalue weighted by molar-refractivity contribution is 0.0602. The molecule has 4 nitrogen and oxygen atoms in total. The lowest BCUT2D eigenvalue weighted by Crippen LogP contribution is -2.47. The second-order valence-electron chi connectivity index (χ2n) is 7.29. The van der Waals surface area contributed by atoms with Crippen molar-refractivity contribution in [1.82, 2.24) is 5.32 Å². The first kappa shape index (κ1) is 18.9. The first-order valence-electron chi connectivity index (χ1n) is 7.21. The number of nitrogens with one attached hydrogen (secondary N) is 2. The van der Waals surface area contributed by atoms with Crippen LogP contribution in [0.3, 0.4) is 0 Å². The van der Waals surface area contributed by atoms with Gasteiger partial charge in [0.2, 0.25) is 0 Å². The molecule has 0 aromatic carbocycles. The minimum atomic E-state index is -0.358. The largest absolute Gasteiger partial charge is 0.465 e. The van der Waals surface area contributed by atoms with Crippen molar-refractivity contribution < 1.29 is 9.53 Å². The highest BCUT2D eigenvalue weighted by Crippen LogP contribution is 2.29. The summed E-state index contributed by atoms with van der Waals surface area (Å²) in [4.78, 5) is 12.8. The number of hydrogen-bond donors (Lipinski definition) is 2. The second-order valence-corrected chi connectivity index (χ2v) is 8.96. The number of thiophene rings is 1. The molecule has 0 radical (unpaired) electrons. The summed E-state index contributed by atoms with van der Waals surface area (Å²) in [6, 6.07) is 1.81. The van der Waals surface area contributed by atoms with Crippen LogP contribution in [-0.4, -0.2) is 23.7 Å². The van der Waals surface area contributed by atoms with Crippen molar-refractivity contribution in [2.45, 2.75) is 53.5 Å². The van der Waals surface area contributed by atoms with Crippen LogP contribution in [-0.2, 0) is 4.74 Å². The Labute approximate surface area is 142 Å². The van der Waals surface area contributed by atoms with Crippen molar-refractivity contribution in [2.24, 2.45) is 5.41 Å². The molecule has 22 heavy (non-hydrogen) atoms. The summed E-state index contributed by atoms with van der Waals surface area (Å²) in [7, 11) is 1.38. The number of carbonyl (C=O) groups is 1. The van der Waals surface area contributed by atoms with Crippen molar-refractivity contribution in [3.05, 3.63) is 16.5 Å². The lowest BCUT2D eigenvalue weighted by Gasteiger charge is -2.34. The fraction of sp³-hybridized carbons (Fsp3) is 0.625. The number of anilines is 1. The third-order valence-corrected chi connectivity index (χ3v) is 4.08. The van der Waals surface area contributed by atoms with Crippen LogP contribution in [0.1, 0.15) is 56.3 Å². The third-order valence-electron chi connectivity index (χ3n) is 2.91. The van der Waals surface area contributed by atoms with E-state index in [1.54, 1.807) is 0 Å². The zero-order valence-corrected chi connectivity index (χ0v) is 16.1. The molecule has 1 heterocycles. The summed E-state index contributed by atoms with van der Waals surface area (Å²) >= 11 is 6.88. The van der Waals surface area contributed by atoms with E-state index < -0.39 is 0 Å². The number of aryl methyl sites for hydroxylation is 1. The Kier molecular flexibility index (Phi) is 5.98. The monoisotopic (exact) mass is 342 g/mol. The molecule has 0 saturated heterocycles. The Balaban J connectivity index is 2.80. The fourth-order valence-electron chi connectivity index (χ4n) is 2.68. The van der Waals surface area contributed by atoms with E-state index in [-0.39, 0.29) is 16.9 Å². The van der Waals surface area contributed by atoms with Gasteiger partial charge in [0.1, 0.15) is 5.00 Å². The smallest absolute Gasteiger partial charge is 0.340 e. The zero-order chi connectivity index (χ0) is 17.1. The summed E-state index contributed by atoms with van der Waals surface area (Å²) in [6.07, 6.45) is 0.967. The minimum Gasteiger partial charge on any atom is -0.465 e. The van der Waals surface area contributed by atoms with Gasteiger partial charge in [-0.2, -0.15) is 0 Å². The summed E-state index contributed by atoms with van der Waals surface area (Å²) in [5.41, 5.74) is 0.575. The summed E-state index contributed by atoms with van der Waals surface area (Å²) in [5.74, 6) is -0.358. The number of thiocarbonyl (C=S) groups is 1. The van der Waals surface area contributed by atoms with E-state index in [0.29, 0.717) is 15.7 Å². The molecule has 0 aliphatic rings. The zero-order valence-electron chi connectivity index (χ0n) is 14.4. The van der Waals surface area contributed by atoms with Crippen LogP contribution >= 0.6 is 23.6 Å². The molecule has 0 spiro atoms. The highest BCUT2D eigenvalue weighted by molar-refractivity contribution is 7.80. The molecule has 0 fully saturated rings. The van der Waals surface area contributed by atoms with E-state index in [9.17, 15) is 4.79 Å². The average molecular weight is 343 g/mol. The summed E-state index contributed by atoms with van der Waals surface area (Å²) < 4.78 is 4.80. The molecular formula is C16H26N2O2S2. The lowest BCUT2D eigenvalue weighted by atomic mass is 9.82. The first-order chi connectivity index (χ1) is 9.93. The molecule has 0 amide bonds. The van der Waals surface area contributed by atoms with Crippen LogP contribution in [0.15, 0.2) is 6.07 Å². The van der Waals surface area contributed by atoms with Crippen molar-refractivity contribution >= 4 is 39.6 Å². The van der Waals surface area contributed by atoms with Crippen molar-refractivity contribution in [1.29, 1.82) is 0 Å². The van der Waals surface area contributed by atoms with Crippen LogP contribution < -0.4 is 10.6 Å². The topological polar surface area (TPSA) is 50.4 Å². The van der Waals surface area contributed by atoms with E-state index >= 15 is 0 Å². The number of esters is 1. The average Bonchev–Trinajstić information content (AvgIpc) is 2.64. The number of hydrogen-bond acceptors (Lipinski definition) is 4. The summed E-state index contributed by atoms with van der Waals surface area (Å²) in [5, 5.41) is 7.69. The third kappa shape index (κ3) is 5.93. The Morgan fingerprint density at radius 3 is 2.41 bits per heavy atom. The molecule has 0 bridgehead atoms. The maximum atomic E-state index is 11.8. The van der Waals surface area contributed by atoms with E-state index in [0.717, 1.165) is 11.3 Å². The predicted octanol–water partition coefficient (Wildman–Crippen LogP) is 4.34. The maximum absolute atomic E-state index is 11.8. The van der Waals surface area contributed by atoms with Gasteiger partial charge in [-0.1, -0.05) is 20.8 Å². The van der Waals surface area contributed by atoms with Gasteiger partial charge in [-0.25, -0.2) is 4.79 Å². The first-order valence-corrected chi connectivity index (χ1v) is 8.44. The van der Waals surface area contributed by atoms with Gasteiger partial charge in [-0.15, -0.1) is 11.3 Å². The Morgan fingerprint density at radius 2 is 1.91 bits per heavy atom. The van der Waals surface area contributed by atoms with Gasteiger partial charge in [0.15, 0.2) is 5.11 Å². The fourth-order valence-corrected chi connectivity index (χ4v) is 4.03. The molecule has 6 heteroatoms. The van der Waals surface area contributed by atoms with E-state index in [4.69, 9.17) is 17.0 Å². The molecule has 1 rings (SSSR count). The van der Waals surface area contributed by atoms with Gasteiger partial charge in [-0.05, 0) is 50.9 Å². The van der Waals surface area contributed by atoms with Gasteiger partial charge < -0.3 is 15.4 Å². The van der Waals surface area contributed by atoms with Gasteiger partial charge in [0, 0.05) is 10.4 Å². The molecule has 1 aromatic heterocycles. The maximum Gasteiger partial charge on any atom is 0.340 e. The SMILES string of the molecule is COC(=O)c1cc(C)sc1NC(=S)NC(C)(C)CC(C)(C)C. The Morgan fingerprint density at radius 1 is 1.32 bits per heavy atom. The second kappa shape index (κ2) is 6.96. The van der Waals surface area contributed by atoms with E-state index in [1.807, 2.05) is 13.0 Å². The number of carbonyl (C=O) groups excluding carboxylic acids is 1. The van der Waals surface area contributed by atoms with E-state index in [1.165, 1.54) is 18.4 Å². The Hall–Kier alpha value is -1.14. The summed E-state index contributed by atoms with van der Waals surface area (Å²) in [6.45, 7) is 12.8. The van der Waals surface area contributed by atoms with Gasteiger partial charge in [-0.3, -0.25) is 0 Å². The number of rotatable bonds is 4. The quantitative estimate of drug-likeness (QED) is 0.629. The van der Waals surface area contributed by atoms with Crippen LogP contribution in [0.2, 0.25) is 0 Å². The normalized spacial score (nSPS) is 12.0. The number of methoxy groups -OCH3 is 1. The minimum absolute atomic E-state index is 0.139. The highest BCUT2D eigenvalue weighted by atomic mass is 32.1.